The van der Waals surface area contributed by atoms with Crippen LogP contribution in [-0.2, 0) is 23.7 Å². The molecule has 11 heteroatoms. The van der Waals surface area contributed by atoms with E-state index in [1.165, 1.54) is 48.0 Å². The van der Waals surface area contributed by atoms with Gasteiger partial charge in [0.15, 0.2) is 35.3 Å². The smallest absolute Gasteiger partial charge is 0.303 e. The topological polar surface area (TPSA) is 105 Å². The van der Waals surface area contributed by atoms with Gasteiger partial charge in [-0.3, -0.25) is 18.8 Å². The Bertz CT molecular complexity index is 1270. The van der Waals surface area contributed by atoms with Crippen molar-refractivity contribution in [3.8, 4) is 0 Å². The zero-order chi connectivity index (χ0) is 23.5. The van der Waals surface area contributed by atoms with Gasteiger partial charge in [-0.1, -0.05) is 11.3 Å². The maximum absolute atomic E-state index is 13.4. The van der Waals surface area contributed by atoms with Crippen molar-refractivity contribution in [2.75, 3.05) is 0 Å². The van der Waals surface area contributed by atoms with Crippen LogP contribution in [0.4, 0.5) is 4.39 Å². The summed E-state index contributed by atoms with van der Waals surface area (Å²) in [6.07, 6.45) is -0.950. The van der Waals surface area contributed by atoms with Crippen molar-refractivity contribution in [1.82, 2.24) is 9.38 Å². The number of carbonyl (C=O) groups is 3. The van der Waals surface area contributed by atoms with E-state index in [1.807, 2.05) is 0 Å². The fourth-order valence-corrected chi connectivity index (χ4v) is 4.89. The third-order valence-electron chi connectivity index (χ3n) is 5.34. The minimum absolute atomic E-state index is 0.154. The number of esters is 1. The van der Waals surface area contributed by atoms with Gasteiger partial charge in [0.05, 0.1) is 11.1 Å². The van der Waals surface area contributed by atoms with Crippen LogP contribution in [0.3, 0.4) is 0 Å². The third-order valence-corrected chi connectivity index (χ3v) is 6.34. The molecule has 5 rings (SSSR count). The highest BCUT2D eigenvalue weighted by molar-refractivity contribution is 7.19. The quantitative estimate of drug-likeness (QED) is 0.411. The van der Waals surface area contributed by atoms with E-state index in [4.69, 9.17) is 18.9 Å². The Hall–Kier alpha value is -2.99. The Morgan fingerprint density at radius 3 is 2.61 bits per heavy atom. The van der Waals surface area contributed by atoms with Gasteiger partial charge in [0.25, 0.3) is 0 Å². The molecule has 0 amide bonds. The van der Waals surface area contributed by atoms with Gasteiger partial charge in [-0.05, 0) is 38.1 Å². The fraction of sp³-hybridized carbons (Fsp3) is 0.364. The van der Waals surface area contributed by atoms with Crippen LogP contribution in [0, 0.1) is 5.82 Å². The Kier molecular flexibility index (Phi) is 5.16. The van der Waals surface area contributed by atoms with Crippen molar-refractivity contribution in [2.24, 2.45) is 0 Å². The lowest BCUT2D eigenvalue weighted by Crippen LogP contribution is -2.42. The molecule has 9 nitrogen and oxygen atoms in total. The normalized spacial score (nSPS) is 25.8. The number of rotatable bonds is 5. The summed E-state index contributed by atoms with van der Waals surface area (Å²) in [5.41, 5.74) is 0.466. The van der Waals surface area contributed by atoms with E-state index < -0.39 is 48.0 Å². The second-order valence-corrected chi connectivity index (χ2v) is 9.20. The first-order chi connectivity index (χ1) is 15.6. The summed E-state index contributed by atoms with van der Waals surface area (Å²) in [7, 11) is 0. The first-order valence-corrected chi connectivity index (χ1v) is 10.9. The molecule has 4 atom stereocenters. The number of Topliss-reactive ketones (excluding diaryl/α,β-unsaturated/α-hetero) is 1. The molecule has 0 unspecified atom stereocenters. The molecular weight excluding hydrogens is 455 g/mol. The lowest BCUT2D eigenvalue weighted by atomic mass is 10.0. The molecule has 172 valence electrons. The van der Waals surface area contributed by atoms with Crippen molar-refractivity contribution in [1.29, 1.82) is 0 Å². The molecule has 2 saturated heterocycles. The van der Waals surface area contributed by atoms with Gasteiger partial charge in [-0.15, -0.1) is 0 Å². The summed E-state index contributed by atoms with van der Waals surface area (Å²) in [5.74, 6) is -2.80. The van der Waals surface area contributed by atoms with Gasteiger partial charge in [0.1, 0.15) is 11.5 Å². The van der Waals surface area contributed by atoms with Gasteiger partial charge in [0, 0.05) is 18.7 Å². The molecule has 2 aliphatic rings. The number of nitrogens with zero attached hydrogens (tertiary/aromatic N) is 2. The Morgan fingerprint density at radius 1 is 1.18 bits per heavy atom. The highest BCUT2D eigenvalue weighted by Crippen LogP contribution is 2.40. The van der Waals surface area contributed by atoms with Gasteiger partial charge in [-0.25, -0.2) is 9.37 Å². The number of ketones is 2. The number of carbonyl (C=O) groups excluding carboxylic acids is 3. The predicted octanol–water partition coefficient (Wildman–Crippen LogP) is 2.76. The van der Waals surface area contributed by atoms with Crippen LogP contribution in [-0.4, -0.2) is 57.3 Å². The number of fused-ring (bicyclic) bond motifs is 2. The molecule has 4 heterocycles. The zero-order valence-corrected chi connectivity index (χ0v) is 18.6. The van der Waals surface area contributed by atoms with Gasteiger partial charge < -0.3 is 18.9 Å². The lowest BCUT2D eigenvalue weighted by molar-refractivity contribution is -0.212. The summed E-state index contributed by atoms with van der Waals surface area (Å²) in [4.78, 5) is 42.8. The number of aromatic nitrogens is 2. The minimum atomic E-state index is -1.17. The van der Waals surface area contributed by atoms with Crippen LogP contribution in [0.15, 0.2) is 36.7 Å². The number of ether oxygens (including phenoxy) is 4. The Labute approximate surface area is 191 Å². The summed E-state index contributed by atoms with van der Waals surface area (Å²) < 4.78 is 37.3. The van der Waals surface area contributed by atoms with Crippen molar-refractivity contribution in [3.63, 3.8) is 0 Å². The Balaban J connectivity index is 1.44. The zero-order valence-electron chi connectivity index (χ0n) is 17.8. The van der Waals surface area contributed by atoms with E-state index in [0.717, 1.165) is 11.3 Å². The van der Waals surface area contributed by atoms with Crippen LogP contribution in [0.2, 0.25) is 0 Å². The van der Waals surface area contributed by atoms with E-state index in [0.29, 0.717) is 15.4 Å². The van der Waals surface area contributed by atoms with Gasteiger partial charge in [0.2, 0.25) is 11.6 Å². The molecule has 0 N–H and O–H groups in total. The molecule has 2 aromatic heterocycles. The van der Waals surface area contributed by atoms with Gasteiger partial charge >= 0.3 is 5.97 Å². The minimum Gasteiger partial charge on any atom is -0.456 e. The molecule has 0 spiro atoms. The van der Waals surface area contributed by atoms with Crippen molar-refractivity contribution < 1.29 is 37.7 Å². The van der Waals surface area contributed by atoms with Crippen LogP contribution in [0.5, 0.6) is 0 Å². The first-order valence-electron chi connectivity index (χ1n) is 10.1. The number of thiazole rings is 1. The molecule has 0 saturated carbocycles. The molecule has 3 aromatic rings. The van der Waals surface area contributed by atoms with Crippen LogP contribution >= 0.6 is 11.3 Å². The van der Waals surface area contributed by atoms with E-state index in [-0.39, 0.29) is 11.5 Å². The van der Waals surface area contributed by atoms with E-state index >= 15 is 0 Å². The van der Waals surface area contributed by atoms with Crippen molar-refractivity contribution >= 4 is 33.8 Å². The molecule has 0 bridgehead atoms. The predicted molar refractivity (Wildman–Crippen MR) is 111 cm³/mol. The summed E-state index contributed by atoms with van der Waals surface area (Å²) in [6.45, 7) is 4.63. The largest absolute Gasteiger partial charge is 0.456 e. The maximum atomic E-state index is 13.4. The lowest BCUT2D eigenvalue weighted by Gasteiger charge is -2.24. The molecular formula is C22H19FN2O7S. The number of benzene rings is 1. The van der Waals surface area contributed by atoms with Gasteiger partial charge in [-0.2, -0.15) is 0 Å². The monoisotopic (exact) mass is 474 g/mol. The summed E-state index contributed by atoms with van der Waals surface area (Å²) in [5, 5.41) is 0. The highest BCUT2D eigenvalue weighted by atomic mass is 32.1. The number of hydrogen-bond donors (Lipinski definition) is 0. The maximum Gasteiger partial charge on any atom is 0.303 e. The molecule has 0 radical (unpaired) electrons. The standard InChI is InChI=1S/C22H19FN2O7S/c1-10(26)29-18-17(30-20-19(18)31-22(2,3)32-20)16(28)13-8-24-21-25(13)9-14(33-21)15(27)11-4-6-12(23)7-5-11/h4-9,17-20H,1-3H3/t17-,18+,19-,20-/m1/s1. The summed E-state index contributed by atoms with van der Waals surface area (Å²) >= 11 is 1.09. The number of imidazole rings is 1. The molecule has 33 heavy (non-hydrogen) atoms. The number of hydrogen-bond acceptors (Lipinski definition) is 9. The van der Waals surface area contributed by atoms with Crippen LogP contribution < -0.4 is 0 Å². The second-order valence-electron chi connectivity index (χ2n) is 8.19. The first kappa shape index (κ1) is 21.8. The fourth-order valence-electron chi connectivity index (χ4n) is 3.97. The van der Waals surface area contributed by atoms with Crippen molar-refractivity contribution in [2.45, 2.75) is 51.2 Å². The van der Waals surface area contributed by atoms with E-state index in [2.05, 4.69) is 4.98 Å². The Morgan fingerprint density at radius 2 is 1.91 bits per heavy atom. The van der Waals surface area contributed by atoms with Crippen LogP contribution in [0.1, 0.15) is 46.5 Å². The molecule has 0 aliphatic carbocycles. The average Bonchev–Trinajstić information content (AvgIpc) is 3.47. The van der Waals surface area contributed by atoms with Crippen molar-refractivity contribution in [3.05, 3.63) is 58.6 Å². The van der Waals surface area contributed by atoms with E-state index in [1.54, 1.807) is 13.8 Å². The third kappa shape index (κ3) is 3.86. The summed E-state index contributed by atoms with van der Waals surface area (Å²) in [6, 6.07) is 5.19. The SMILES string of the molecule is CC(=O)O[C@@H]1[C@H]2OC(C)(C)O[C@H]2O[C@@H]1C(=O)c1cnc2sc(C(=O)c3ccc(F)cc3)cn12. The molecule has 2 fully saturated rings. The number of halogens is 1. The van der Waals surface area contributed by atoms with Crippen LogP contribution in [0.25, 0.3) is 4.96 Å². The second kappa shape index (κ2) is 7.80. The molecule has 2 aliphatic heterocycles. The average molecular weight is 474 g/mol. The van der Waals surface area contributed by atoms with E-state index in [9.17, 15) is 18.8 Å². The molecule has 1 aromatic carbocycles. The highest BCUT2D eigenvalue weighted by Gasteiger charge is 2.58.